The summed E-state index contributed by atoms with van der Waals surface area (Å²) in [6.45, 7) is 4.17. The molecule has 1 amide bonds. The number of benzene rings is 3. The summed E-state index contributed by atoms with van der Waals surface area (Å²) >= 11 is 0. The number of aryl methyl sites for hydroxylation is 2. The zero-order chi connectivity index (χ0) is 19.1. The van der Waals surface area contributed by atoms with Crippen LogP contribution in [0.25, 0.3) is 11.1 Å². The van der Waals surface area contributed by atoms with Crippen molar-refractivity contribution in [2.45, 2.75) is 26.7 Å². The maximum absolute atomic E-state index is 12.5. The predicted octanol–water partition coefficient (Wildman–Crippen LogP) is 5.50. The molecule has 0 fully saturated rings. The van der Waals surface area contributed by atoms with E-state index < -0.39 is 0 Å². The van der Waals surface area contributed by atoms with Crippen LogP contribution in [0.15, 0.2) is 72.8 Å². The van der Waals surface area contributed by atoms with Gasteiger partial charge in [-0.2, -0.15) is 0 Å². The lowest BCUT2D eigenvalue weighted by Crippen LogP contribution is -2.22. The number of amides is 1. The molecule has 0 radical (unpaired) electrons. The van der Waals surface area contributed by atoms with Gasteiger partial charge >= 0.3 is 0 Å². The van der Waals surface area contributed by atoms with Gasteiger partial charge in [-0.1, -0.05) is 80.6 Å². The molecule has 0 saturated heterocycles. The van der Waals surface area contributed by atoms with Crippen LogP contribution in [-0.4, -0.2) is 12.5 Å². The molecule has 3 aromatic rings. The molecule has 0 atom stereocenters. The van der Waals surface area contributed by atoms with Gasteiger partial charge in [0.25, 0.3) is 5.91 Å². The number of carbonyl (C=O) groups excluding carboxylic acids is 1. The highest BCUT2D eigenvalue weighted by Gasteiger charge is 2.12. The Labute approximate surface area is 161 Å². The van der Waals surface area contributed by atoms with Crippen molar-refractivity contribution in [3.63, 3.8) is 0 Å². The van der Waals surface area contributed by atoms with Crippen molar-refractivity contribution in [3.8, 4) is 16.9 Å². The van der Waals surface area contributed by atoms with Crippen LogP contribution < -0.4 is 10.1 Å². The molecule has 0 spiro atoms. The number of ether oxygens (including phenoxy) is 1. The average molecular weight is 359 g/mol. The highest BCUT2D eigenvalue weighted by molar-refractivity contribution is 5.93. The Balaban J connectivity index is 1.73. The Morgan fingerprint density at radius 1 is 0.815 bits per heavy atom. The second-order valence-corrected chi connectivity index (χ2v) is 6.36. The van der Waals surface area contributed by atoms with Crippen molar-refractivity contribution in [1.29, 1.82) is 0 Å². The molecule has 3 aromatic carbocycles. The molecular formula is C24H25NO2. The lowest BCUT2D eigenvalue weighted by atomic mass is 10.0. The Bertz CT molecular complexity index is 881. The normalized spacial score (nSPS) is 10.4. The molecule has 0 unspecified atom stereocenters. The van der Waals surface area contributed by atoms with Gasteiger partial charge in [0.05, 0.1) is 0 Å². The van der Waals surface area contributed by atoms with Gasteiger partial charge < -0.3 is 10.1 Å². The van der Waals surface area contributed by atoms with Crippen molar-refractivity contribution in [2.24, 2.45) is 0 Å². The summed E-state index contributed by atoms with van der Waals surface area (Å²) in [4.78, 5) is 12.5. The van der Waals surface area contributed by atoms with Crippen molar-refractivity contribution in [1.82, 2.24) is 0 Å². The van der Waals surface area contributed by atoms with Crippen LogP contribution in [0.4, 0.5) is 5.69 Å². The summed E-state index contributed by atoms with van der Waals surface area (Å²) in [5, 5.41) is 3.05. The van der Waals surface area contributed by atoms with E-state index >= 15 is 0 Å². The molecule has 0 saturated carbocycles. The maximum atomic E-state index is 12.5. The number of rotatable bonds is 7. The highest BCUT2D eigenvalue weighted by atomic mass is 16.5. The fourth-order valence-electron chi connectivity index (χ4n) is 3.17. The summed E-state index contributed by atoms with van der Waals surface area (Å²) in [7, 11) is 0. The molecule has 0 heterocycles. The van der Waals surface area contributed by atoms with Crippen molar-refractivity contribution in [3.05, 3.63) is 83.9 Å². The first kappa shape index (κ1) is 18.7. The predicted molar refractivity (Wildman–Crippen MR) is 111 cm³/mol. The molecule has 1 N–H and O–H groups in total. The first-order valence-corrected chi connectivity index (χ1v) is 9.40. The van der Waals surface area contributed by atoms with Gasteiger partial charge in [-0.15, -0.1) is 0 Å². The molecule has 3 heteroatoms. The van der Waals surface area contributed by atoms with Gasteiger partial charge in [0.1, 0.15) is 5.75 Å². The molecule has 3 rings (SSSR count). The van der Waals surface area contributed by atoms with E-state index in [4.69, 9.17) is 4.74 Å². The summed E-state index contributed by atoms with van der Waals surface area (Å²) in [5.74, 6) is 0.562. The second-order valence-electron chi connectivity index (χ2n) is 6.36. The van der Waals surface area contributed by atoms with Crippen molar-refractivity contribution in [2.75, 3.05) is 11.9 Å². The second kappa shape index (κ2) is 9.04. The van der Waals surface area contributed by atoms with E-state index in [1.807, 2.05) is 60.7 Å². The van der Waals surface area contributed by atoms with Crippen molar-refractivity contribution >= 4 is 11.6 Å². The third-order valence-electron chi connectivity index (χ3n) is 4.59. The van der Waals surface area contributed by atoms with Gasteiger partial charge in [0, 0.05) is 11.3 Å². The van der Waals surface area contributed by atoms with Gasteiger partial charge in [-0.3, -0.25) is 4.79 Å². The van der Waals surface area contributed by atoms with E-state index in [0.717, 1.165) is 40.8 Å². The smallest absolute Gasteiger partial charge is 0.262 e. The minimum Gasteiger partial charge on any atom is -0.483 e. The molecule has 27 heavy (non-hydrogen) atoms. The minimum atomic E-state index is -0.145. The Morgan fingerprint density at radius 3 is 2.11 bits per heavy atom. The summed E-state index contributed by atoms with van der Waals surface area (Å²) in [5.41, 5.74) is 5.26. The lowest BCUT2D eigenvalue weighted by Gasteiger charge is -2.15. The summed E-state index contributed by atoms with van der Waals surface area (Å²) in [6.07, 6.45) is 1.75. The first-order valence-electron chi connectivity index (χ1n) is 9.40. The fraction of sp³-hybridized carbons (Fsp3) is 0.208. The minimum absolute atomic E-state index is 0.0228. The topological polar surface area (TPSA) is 38.3 Å². The third-order valence-corrected chi connectivity index (χ3v) is 4.59. The van der Waals surface area contributed by atoms with E-state index in [1.54, 1.807) is 0 Å². The Kier molecular flexibility index (Phi) is 6.26. The molecule has 3 nitrogen and oxygen atoms in total. The Hall–Kier alpha value is -3.07. The summed E-state index contributed by atoms with van der Waals surface area (Å²) in [6, 6.07) is 24.0. The Morgan fingerprint density at radius 2 is 1.44 bits per heavy atom. The number of anilines is 1. The van der Waals surface area contributed by atoms with Gasteiger partial charge in [-0.05, 0) is 35.6 Å². The molecule has 0 aromatic heterocycles. The molecule has 0 aliphatic rings. The molecule has 138 valence electrons. The molecule has 0 bridgehead atoms. The van der Waals surface area contributed by atoms with E-state index in [-0.39, 0.29) is 12.5 Å². The van der Waals surface area contributed by atoms with Crippen LogP contribution in [0.5, 0.6) is 5.75 Å². The lowest BCUT2D eigenvalue weighted by molar-refractivity contribution is -0.118. The van der Waals surface area contributed by atoms with Crippen LogP contribution in [-0.2, 0) is 17.6 Å². The number of hydrogen-bond acceptors (Lipinski definition) is 2. The van der Waals surface area contributed by atoms with Crippen LogP contribution in [0, 0.1) is 0 Å². The van der Waals surface area contributed by atoms with E-state index in [0.29, 0.717) is 5.75 Å². The third kappa shape index (κ3) is 4.56. The quantitative estimate of drug-likeness (QED) is 0.605. The number of nitrogens with one attached hydrogen (secondary N) is 1. The summed E-state index contributed by atoms with van der Waals surface area (Å²) < 4.78 is 5.86. The van der Waals surface area contributed by atoms with Crippen LogP contribution in [0.1, 0.15) is 25.0 Å². The average Bonchev–Trinajstić information content (AvgIpc) is 2.73. The maximum Gasteiger partial charge on any atom is 0.262 e. The zero-order valence-corrected chi connectivity index (χ0v) is 15.9. The largest absolute Gasteiger partial charge is 0.483 e. The molecule has 0 aliphatic heterocycles. The monoisotopic (exact) mass is 359 g/mol. The van der Waals surface area contributed by atoms with Crippen LogP contribution in [0.3, 0.4) is 0 Å². The van der Waals surface area contributed by atoms with Crippen LogP contribution >= 0.6 is 0 Å². The zero-order valence-electron chi connectivity index (χ0n) is 15.9. The van der Waals surface area contributed by atoms with E-state index in [9.17, 15) is 4.79 Å². The molecule has 0 aliphatic carbocycles. The highest BCUT2D eigenvalue weighted by Crippen LogP contribution is 2.29. The van der Waals surface area contributed by atoms with Crippen molar-refractivity contribution < 1.29 is 9.53 Å². The van der Waals surface area contributed by atoms with E-state index in [2.05, 4.69) is 31.3 Å². The number of hydrogen-bond donors (Lipinski definition) is 1. The van der Waals surface area contributed by atoms with Gasteiger partial charge in [0.15, 0.2) is 6.61 Å². The van der Waals surface area contributed by atoms with Gasteiger partial charge in [0.2, 0.25) is 0 Å². The SMILES string of the molecule is CCc1cccc(CC)c1NC(=O)COc1ccccc1-c1ccccc1. The van der Waals surface area contributed by atoms with E-state index in [1.165, 1.54) is 0 Å². The molecular weight excluding hydrogens is 334 g/mol. The van der Waals surface area contributed by atoms with Gasteiger partial charge in [-0.25, -0.2) is 0 Å². The van der Waals surface area contributed by atoms with Crippen LogP contribution in [0.2, 0.25) is 0 Å². The fourth-order valence-corrected chi connectivity index (χ4v) is 3.17. The number of para-hydroxylation sites is 2. The number of carbonyl (C=O) groups is 1. The standard InChI is InChI=1S/C24H25NO2/c1-3-18-13-10-14-19(4-2)24(18)25-23(26)17-27-22-16-9-8-15-21(22)20-11-6-5-7-12-20/h5-16H,3-4,17H2,1-2H3,(H,25,26). The first-order chi connectivity index (χ1) is 13.2.